The number of benzene rings is 1. The highest BCUT2D eigenvalue weighted by Gasteiger charge is 2.26. The van der Waals surface area contributed by atoms with Crippen LogP contribution in [0.25, 0.3) is 0 Å². The predicted octanol–water partition coefficient (Wildman–Crippen LogP) is 3.14. The van der Waals surface area contributed by atoms with Crippen LogP contribution in [0.3, 0.4) is 0 Å². The second-order valence-electron chi connectivity index (χ2n) is 5.31. The van der Waals surface area contributed by atoms with Crippen molar-refractivity contribution in [3.63, 3.8) is 0 Å². The van der Waals surface area contributed by atoms with Gasteiger partial charge in [-0.25, -0.2) is 8.42 Å². The molecule has 1 atom stereocenters. The molecule has 0 amide bonds. The second kappa shape index (κ2) is 5.94. The van der Waals surface area contributed by atoms with E-state index in [9.17, 15) is 8.42 Å². The van der Waals surface area contributed by atoms with Crippen molar-refractivity contribution >= 4 is 10.0 Å². The van der Waals surface area contributed by atoms with Gasteiger partial charge in [0.1, 0.15) is 0 Å². The zero-order valence-electron chi connectivity index (χ0n) is 12.0. The highest BCUT2D eigenvalue weighted by Crippen LogP contribution is 2.36. The summed E-state index contributed by atoms with van der Waals surface area (Å²) in [7, 11) is -3.45. The van der Waals surface area contributed by atoms with E-state index in [0.717, 1.165) is 12.0 Å². The Labute approximate surface area is 121 Å². The Morgan fingerprint density at radius 1 is 1.30 bits per heavy atom. The van der Waals surface area contributed by atoms with Gasteiger partial charge in [-0.3, -0.25) is 0 Å². The van der Waals surface area contributed by atoms with Gasteiger partial charge in [0.05, 0.1) is 4.90 Å². The summed E-state index contributed by atoms with van der Waals surface area (Å²) in [6.45, 7) is 8.49. The summed E-state index contributed by atoms with van der Waals surface area (Å²) in [6.07, 6.45) is 4.74. The lowest BCUT2D eigenvalue weighted by atomic mass is 10.2. The van der Waals surface area contributed by atoms with E-state index in [1.807, 2.05) is 25.1 Å². The average molecular weight is 291 g/mol. The monoisotopic (exact) mass is 291 g/mol. The Balaban J connectivity index is 2.22. The topological polar surface area (TPSA) is 37.4 Å². The van der Waals surface area contributed by atoms with Crippen molar-refractivity contribution in [3.05, 3.63) is 54.1 Å². The maximum absolute atomic E-state index is 12.6. The second-order valence-corrected chi connectivity index (χ2v) is 7.25. The fourth-order valence-corrected chi connectivity index (χ4v) is 3.42. The normalized spacial score (nSPS) is 20.4. The highest BCUT2D eigenvalue weighted by molar-refractivity contribution is 7.89. The molecule has 2 rings (SSSR count). The molecule has 0 spiro atoms. The van der Waals surface area contributed by atoms with Crippen LogP contribution in [0, 0.1) is 12.8 Å². The average Bonchev–Trinajstić information content (AvgIpc) is 3.11. The van der Waals surface area contributed by atoms with Crippen LogP contribution in [-0.2, 0) is 10.0 Å². The maximum atomic E-state index is 12.6. The number of nitrogens with zero attached hydrogens (tertiary/aromatic N) is 1. The molecule has 0 N–H and O–H groups in total. The van der Waals surface area contributed by atoms with E-state index in [-0.39, 0.29) is 0 Å². The minimum Gasteiger partial charge on any atom is -0.207 e. The molecule has 0 aromatic heterocycles. The molecule has 0 unspecified atom stereocenters. The Bertz CT molecular complexity index is 614. The molecule has 0 radical (unpaired) electrons. The first-order valence-corrected chi connectivity index (χ1v) is 8.26. The Morgan fingerprint density at radius 3 is 2.40 bits per heavy atom. The van der Waals surface area contributed by atoms with E-state index >= 15 is 0 Å². The number of rotatable bonds is 6. The molecular formula is C16H21NO2S. The van der Waals surface area contributed by atoms with Gasteiger partial charge in [0, 0.05) is 13.1 Å². The first-order chi connectivity index (χ1) is 9.45. The first kappa shape index (κ1) is 15.0. The smallest absolute Gasteiger partial charge is 0.207 e. The molecule has 108 valence electrons. The number of allylic oxidation sites excluding steroid dienone is 1. The van der Waals surface area contributed by atoms with Crippen LogP contribution < -0.4 is 0 Å². The van der Waals surface area contributed by atoms with Crippen LogP contribution in [0.15, 0.2) is 53.5 Å². The zero-order valence-corrected chi connectivity index (χ0v) is 12.9. The van der Waals surface area contributed by atoms with E-state index in [1.165, 1.54) is 9.88 Å². The van der Waals surface area contributed by atoms with Crippen molar-refractivity contribution < 1.29 is 8.42 Å². The lowest BCUT2D eigenvalue weighted by Crippen LogP contribution is -2.31. The van der Waals surface area contributed by atoms with Gasteiger partial charge >= 0.3 is 0 Å². The highest BCUT2D eigenvalue weighted by atomic mass is 32.2. The summed E-state index contributed by atoms with van der Waals surface area (Å²) >= 11 is 0. The van der Waals surface area contributed by atoms with Crippen molar-refractivity contribution in [2.24, 2.45) is 5.92 Å². The van der Waals surface area contributed by atoms with Gasteiger partial charge in [-0.05, 0) is 31.4 Å². The Hall–Kier alpha value is -1.39. The van der Waals surface area contributed by atoms with Crippen LogP contribution in [0.2, 0.25) is 0 Å². The first-order valence-electron chi connectivity index (χ1n) is 6.82. The molecule has 20 heavy (non-hydrogen) atoms. The lowest BCUT2D eigenvalue weighted by molar-refractivity contribution is 0.473. The number of aryl methyl sites for hydroxylation is 1. The van der Waals surface area contributed by atoms with Gasteiger partial charge in [0.25, 0.3) is 0 Å². The molecule has 0 saturated heterocycles. The third-order valence-electron chi connectivity index (χ3n) is 3.56. The van der Waals surface area contributed by atoms with Crippen LogP contribution >= 0.6 is 0 Å². The maximum Gasteiger partial charge on any atom is 0.243 e. The fourth-order valence-electron chi connectivity index (χ4n) is 2.07. The standard InChI is InChI=1S/C16H21NO2S/c1-4-10-17(11-9-15-12-14(15)3)20(18,19)16-7-5-13(2)6-8-16/h4-9,14H,1,10-12H2,2-3H3/b15-9+/t14-/m0/s1. The SMILES string of the molecule is C=CCN(C/C=C1\C[C@@H]1C)S(=O)(=O)c1ccc(C)cc1. The van der Waals surface area contributed by atoms with E-state index in [2.05, 4.69) is 13.5 Å². The number of sulfonamides is 1. The summed E-state index contributed by atoms with van der Waals surface area (Å²) in [5.41, 5.74) is 2.39. The summed E-state index contributed by atoms with van der Waals surface area (Å²) < 4.78 is 26.7. The molecule has 0 aliphatic heterocycles. The van der Waals surface area contributed by atoms with Gasteiger partial charge in [-0.15, -0.1) is 6.58 Å². The van der Waals surface area contributed by atoms with E-state index in [4.69, 9.17) is 0 Å². The summed E-state index contributed by atoms with van der Waals surface area (Å²) in [4.78, 5) is 0.340. The molecular weight excluding hydrogens is 270 g/mol. The zero-order chi connectivity index (χ0) is 14.8. The van der Waals surface area contributed by atoms with Crippen molar-refractivity contribution in [2.75, 3.05) is 13.1 Å². The van der Waals surface area contributed by atoms with Crippen molar-refractivity contribution in [2.45, 2.75) is 25.2 Å². The molecule has 4 heteroatoms. The summed E-state index contributed by atoms with van der Waals surface area (Å²) in [5.74, 6) is 0.614. The summed E-state index contributed by atoms with van der Waals surface area (Å²) in [5, 5.41) is 0. The van der Waals surface area contributed by atoms with Gasteiger partial charge in [-0.2, -0.15) is 4.31 Å². The van der Waals surface area contributed by atoms with Gasteiger partial charge in [-0.1, -0.05) is 42.3 Å². The largest absolute Gasteiger partial charge is 0.243 e. The lowest BCUT2D eigenvalue weighted by Gasteiger charge is -2.19. The molecule has 1 saturated carbocycles. The van der Waals surface area contributed by atoms with Gasteiger partial charge in [0.15, 0.2) is 0 Å². The van der Waals surface area contributed by atoms with Crippen molar-refractivity contribution in [3.8, 4) is 0 Å². The van der Waals surface area contributed by atoms with Gasteiger partial charge in [0.2, 0.25) is 10.0 Å². The molecule has 1 aromatic carbocycles. The summed E-state index contributed by atoms with van der Waals surface area (Å²) in [6, 6.07) is 6.96. The molecule has 0 bridgehead atoms. The third-order valence-corrected chi connectivity index (χ3v) is 5.41. The molecule has 3 nitrogen and oxygen atoms in total. The molecule has 1 aliphatic rings. The van der Waals surface area contributed by atoms with E-state index < -0.39 is 10.0 Å². The van der Waals surface area contributed by atoms with Crippen LogP contribution in [0.1, 0.15) is 18.9 Å². The van der Waals surface area contributed by atoms with Crippen molar-refractivity contribution in [1.82, 2.24) is 4.31 Å². The molecule has 1 aliphatic carbocycles. The third kappa shape index (κ3) is 3.38. The Kier molecular flexibility index (Phi) is 4.45. The minimum atomic E-state index is -3.45. The molecule has 0 heterocycles. The number of hydrogen-bond acceptors (Lipinski definition) is 2. The van der Waals surface area contributed by atoms with Crippen LogP contribution in [0.4, 0.5) is 0 Å². The molecule has 1 aromatic rings. The Morgan fingerprint density at radius 2 is 1.90 bits per heavy atom. The van der Waals surface area contributed by atoms with Crippen LogP contribution in [0.5, 0.6) is 0 Å². The quantitative estimate of drug-likeness (QED) is 0.755. The van der Waals surface area contributed by atoms with Crippen molar-refractivity contribution in [1.29, 1.82) is 0 Å². The minimum absolute atomic E-state index is 0.328. The fraction of sp³-hybridized carbons (Fsp3) is 0.375. The predicted molar refractivity (Wildman–Crippen MR) is 82.0 cm³/mol. The van der Waals surface area contributed by atoms with E-state index in [0.29, 0.717) is 23.9 Å². The number of hydrogen-bond donors (Lipinski definition) is 0. The van der Waals surface area contributed by atoms with E-state index in [1.54, 1.807) is 18.2 Å². The van der Waals surface area contributed by atoms with Gasteiger partial charge < -0.3 is 0 Å². The molecule has 1 fully saturated rings. The van der Waals surface area contributed by atoms with Crippen LogP contribution in [-0.4, -0.2) is 25.8 Å².